The van der Waals surface area contributed by atoms with Crippen LogP contribution in [0.3, 0.4) is 0 Å². The third kappa shape index (κ3) is 6.69. The molecule has 186 valence electrons. The number of nitrogens with one attached hydrogen (secondary N) is 1. The molecule has 0 aliphatic carbocycles. The highest BCUT2D eigenvalue weighted by Gasteiger charge is 2.14. The van der Waals surface area contributed by atoms with Crippen molar-refractivity contribution in [1.82, 2.24) is 5.43 Å². The summed E-state index contributed by atoms with van der Waals surface area (Å²) < 4.78 is 25.1. The minimum absolute atomic E-state index is 0.166. The van der Waals surface area contributed by atoms with Gasteiger partial charge in [0.1, 0.15) is 17.9 Å². The fraction of sp³-hybridized carbons (Fsp3) is 0.185. The summed E-state index contributed by atoms with van der Waals surface area (Å²) in [6.07, 6.45) is 1.56. The van der Waals surface area contributed by atoms with Crippen molar-refractivity contribution in [2.75, 3.05) is 13.2 Å². The molecule has 0 fully saturated rings. The van der Waals surface area contributed by atoms with Crippen LogP contribution in [-0.2, 0) is 6.61 Å². The Morgan fingerprint density at radius 1 is 0.972 bits per heavy atom. The molecule has 9 heteroatoms. The van der Waals surface area contributed by atoms with Crippen LogP contribution in [0.4, 0.5) is 0 Å². The fourth-order valence-electron chi connectivity index (χ4n) is 3.41. The Bertz CT molecular complexity index is 1380. The molecule has 1 aromatic heterocycles. The van der Waals surface area contributed by atoms with Crippen LogP contribution in [0.1, 0.15) is 35.5 Å². The zero-order valence-electron chi connectivity index (χ0n) is 19.7. The predicted octanol–water partition coefficient (Wildman–Crippen LogP) is 6.78. The van der Waals surface area contributed by atoms with Crippen molar-refractivity contribution in [1.29, 1.82) is 0 Å². The average Bonchev–Trinajstić information content (AvgIpc) is 3.29. The predicted molar refractivity (Wildman–Crippen MR) is 156 cm³/mol. The van der Waals surface area contributed by atoms with Crippen LogP contribution in [0, 0.1) is 7.14 Å². The van der Waals surface area contributed by atoms with E-state index in [2.05, 4.69) is 55.7 Å². The molecule has 0 radical (unpaired) electrons. The Labute approximate surface area is 236 Å². The van der Waals surface area contributed by atoms with Gasteiger partial charge in [0, 0.05) is 8.96 Å². The highest BCUT2D eigenvalue weighted by Crippen LogP contribution is 2.34. The maximum atomic E-state index is 12.6. The van der Waals surface area contributed by atoms with Gasteiger partial charge in [-0.15, -0.1) is 0 Å². The molecular formula is C27H24I2N2O5. The Morgan fingerprint density at radius 2 is 1.75 bits per heavy atom. The van der Waals surface area contributed by atoms with Crippen molar-refractivity contribution >= 4 is 68.3 Å². The number of furan rings is 1. The van der Waals surface area contributed by atoms with Crippen molar-refractivity contribution in [3.8, 4) is 17.2 Å². The van der Waals surface area contributed by atoms with Gasteiger partial charge in [-0.05, 0) is 119 Å². The number of amides is 1. The first-order valence-electron chi connectivity index (χ1n) is 11.3. The van der Waals surface area contributed by atoms with Crippen molar-refractivity contribution in [3.05, 3.63) is 84.7 Å². The van der Waals surface area contributed by atoms with Crippen molar-refractivity contribution < 1.29 is 23.4 Å². The molecule has 0 bridgehead atoms. The van der Waals surface area contributed by atoms with Gasteiger partial charge in [-0.1, -0.05) is 12.1 Å². The van der Waals surface area contributed by atoms with Crippen molar-refractivity contribution in [2.45, 2.75) is 20.5 Å². The summed E-state index contributed by atoms with van der Waals surface area (Å²) in [6.45, 7) is 5.32. The summed E-state index contributed by atoms with van der Waals surface area (Å²) in [5.74, 6) is 1.73. The number of ether oxygens (including phenoxy) is 3. The van der Waals surface area contributed by atoms with Crippen LogP contribution >= 0.6 is 45.2 Å². The Balaban J connectivity index is 1.44. The van der Waals surface area contributed by atoms with E-state index in [1.807, 2.05) is 56.3 Å². The number of hydrogen-bond acceptors (Lipinski definition) is 6. The number of carbonyl (C=O) groups is 1. The normalized spacial score (nSPS) is 11.1. The topological polar surface area (TPSA) is 82.3 Å². The molecule has 0 unspecified atom stereocenters. The van der Waals surface area contributed by atoms with E-state index in [-0.39, 0.29) is 5.76 Å². The molecule has 1 N–H and O–H groups in total. The van der Waals surface area contributed by atoms with Crippen LogP contribution in [0.5, 0.6) is 17.2 Å². The van der Waals surface area contributed by atoms with Crippen LogP contribution in [-0.4, -0.2) is 25.3 Å². The molecule has 36 heavy (non-hydrogen) atoms. The van der Waals surface area contributed by atoms with E-state index in [1.165, 1.54) is 3.57 Å². The molecule has 1 heterocycles. The number of benzene rings is 3. The minimum Gasteiger partial charge on any atom is -0.494 e. The lowest BCUT2D eigenvalue weighted by molar-refractivity contribution is 0.0929. The van der Waals surface area contributed by atoms with Gasteiger partial charge in [0.2, 0.25) is 0 Å². The van der Waals surface area contributed by atoms with Gasteiger partial charge in [-0.25, -0.2) is 5.43 Å². The molecule has 4 rings (SSSR count). The van der Waals surface area contributed by atoms with Crippen LogP contribution < -0.4 is 19.6 Å². The number of fused-ring (bicyclic) bond motifs is 1. The lowest BCUT2D eigenvalue weighted by Gasteiger charge is -2.14. The second-order valence-corrected chi connectivity index (χ2v) is 10.0. The van der Waals surface area contributed by atoms with Gasteiger partial charge >= 0.3 is 5.91 Å². The molecule has 7 nitrogen and oxygen atoms in total. The summed E-state index contributed by atoms with van der Waals surface area (Å²) in [5, 5.41) is 4.88. The number of rotatable bonds is 10. The second-order valence-electron chi connectivity index (χ2n) is 7.62. The van der Waals surface area contributed by atoms with E-state index < -0.39 is 5.91 Å². The summed E-state index contributed by atoms with van der Waals surface area (Å²) in [7, 11) is 0. The second kappa shape index (κ2) is 12.4. The van der Waals surface area contributed by atoms with Crippen molar-refractivity contribution in [3.63, 3.8) is 0 Å². The third-order valence-electron chi connectivity index (χ3n) is 5.03. The quantitative estimate of drug-likeness (QED) is 0.112. The molecular weight excluding hydrogens is 686 g/mol. The SMILES string of the molecule is CCOc1ccc2oc(C(=O)N/N=C/c3cc(I)c(OCc4ccc(I)cc4)c(OCC)c3)cc2c1. The van der Waals surface area contributed by atoms with Crippen LogP contribution in [0.15, 0.2) is 70.2 Å². The summed E-state index contributed by atoms with van der Waals surface area (Å²) in [6, 6.07) is 19.0. The van der Waals surface area contributed by atoms with Gasteiger partial charge in [-0.2, -0.15) is 5.10 Å². The maximum absolute atomic E-state index is 12.6. The molecule has 1 amide bonds. The van der Waals surface area contributed by atoms with Gasteiger partial charge in [0.25, 0.3) is 0 Å². The lowest BCUT2D eigenvalue weighted by Crippen LogP contribution is -2.16. The number of nitrogens with zero attached hydrogens (tertiary/aromatic N) is 1. The molecule has 0 aliphatic rings. The smallest absolute Gasteiger partial charge is 0.307 e. The third-order valence-corrected chi connectivity index (χ3v) is 6.55. The number of hydrazone groups is 1. The van der Waals surface area contributed by atoms with Crippen molar-refractivity contribution in [2.24, 2.45) is 5.10 Å². The highest BCUT2D eigenvalue weighted by molar-refractivity contribution is 14.1. The molecule has 4 aromatic rings. The molecule has 0 saturated carbocycles. The highest BCUT2D eigenvalue weighted by atomic mass is 127. The first-order chi connectivity index (χ1) is 17.5. The molecule has 0 spiro atoms. The number of hydrogen-bond donors (Lipinski definition) is 1. The van der Waals surface area contributed by atoms with Gasteiger partial charge in [0.15, 0.2) is 17.3 Å². The van der Waals surface area contributed by atoms with E-state index in [1.54, 1.807) is 24.4 Å². The van der Waals surface area contributed by atoms with Gasteiger partial charge in [0.05, 0.1) is 23.0 Å². The zero-order chi connectivity index (χ0) is 25.5. The Hall–Kier alpha value is -2.80. The monoisotopic (exact) mass is 710 g/mol. The first-order valence-corrected chi connectivity index (χ1v) is 13.5. The molecule has 3 aromatic carbocycles. The molecule has 0 saturated heterocycles. The van der Waals surface area contributed by atoms with E-state index in [0.717, 1.165) is 25.8 Å². The summed E-state index contributed by atoms with van der Waals surface area (Å²) >= 11 is 4.49. The van der Waals surface area contributed by atoms with E-state index in [0.29, 0.717) is 36.9 Å². The molecule has 0 aliphatic heterocycles. The van der Waals surface area contributed by atoms with Gasteiger partial charge < -0.3 is 18.6 Å². The fourth-order valence-corrected chi connectivity index (χ4v) is 4.55. The number of halogens is 2. The van der Waals surface area contributed by atoms with Gasteiger partial charge in [-0.3, -0.25) is 4.79 Å². The first kappa shape index (κ1) is 26.3. The van der Waals surface area contributed by atoms with Crippen LogP contribution in [0.2, 0.25) is 0 Å². The summed E-state index contributed by atoms with van der Waals surface area (Å²) in [4.78, 5) is 12.6. The largest absolute Gasteiger partial charge is 0.494 e. The summed E-state index contributed by atoms with van der Waals surface area (Å²) in [5.41, 5.74) is 4.95. The zero-order valence-corrected chi connectivity index (χ0v) is 24.0. The maximum Gasteiger partial charge on any atom is 0.307 e. The Morgan fingerprint density at radius 3 is 2.50 bits per heavy atom. The number of carbonyl (C=O) groups excluding carboxylic acids is 1. The standard InChI is InChI=1S/C27H24I2N2O5/c1-3-33-21-9-10-23-19(13-21)14-25(36-23)27(32)31-30-15-18-11-22(29)26(24(12-18)34-4-2)35-16-17-5-7-20(28)8-6-17/h5-15H,3-4,16H2,1-2H3,(H,31,32)/b30-15+. The molecule has 0 atom stereocenters. The van der Waals surface area contributed by atoms with Crippen LogP contribution in [0.25, 0.3) is 11.0 Å². The van der Waals surface area contributed by atoms with E-state index in [4.69, 9.17) is 18.6 Å². The van der Waals surface area contributed by atoms with E-state index in [9.17, 15) is 4.79 Å². The minimum atomic E-state index is -0.447. The Kier molecular flexibility index (Phi) is 9.08. The average molecular weight is 710 g/mol. The lowest BCUT2D eigenvalue weighted by atomic mass is 10.2. The van der Waals surface area contributed by atoms with E-state index >= 15 is 0 Å².